The molecule has 0 bridgehead atoms. The van der Waals surface area contributed by atoms with Gasteiger partial charge in [-0.05, 0) is 6.07 Å². The van der Waals surface area contributed by atoms with E-state index in [9.17, 15) is 26.9 Å². The predicted molar refractivity (Wildman–Crippen MR) is 88.5 cm³/mol. The van der Waals surface area contributed by atoms with E-state index in [4.69, 9.17) is 0 Å². The van der Waals surface area contributed by atoms with Gasteiger partial charge in [0.2, 0.25) is 10.0 Å². The Labute approximate surface area is 147 Å². The molecule has 1 aliphatic carbocycles. The molecule has 0 saturated heterocycles. The summed E-state index contributed by atoms with van der Waals surface area (Å²) in [6.07, 6.45) is -2.27. The van der Waals surface area contributed by atoms with E-state index in [1.54, 1.807) is 12.3 Å². The average Bonchev–Trinajstić information content (AvgIpc) is 2.99. The molecule has 11 heteroatoms. The van der Waals surface area contributed by atoms with E-state index in [0.717, 1.165) is 0 Å². The number of pyridine rings is 1. The second-order valence-electron chi connectivity index (χ2n) is 5.96. The lowest BCUT2D eigenvalue weighted by Gasteiger charge is -2.28. The zero-order valence-corrected chi connectivity index (χ0v) is 14.2. The predicted octanol–water partition coefficient (Wildman–Crippen LogP) is 2.54. The van der Waals surface area contributed by atoms with Gasteiger partial charge in [-0.15, -0.1) is 0 Å². The molecule has 2 heterocycles. The van der Waals surface area contributed by atoms with Gasteiger partial charge in [0.1, 0.15) is 11.7 Å². The molecular weight excluding hydrogens is 371 g/mol. The molecule has 26 heavy (non-hydrogen) atoms. The van der Waals surface area contributed by atoms with Crippen LogP contribution in [0, 0.1) is 11.3 Å². The first-order valence-corrected chi connectivity index (χ1v) is 9.31. The number of fused-ring (bicyclic) bond motifs is 1. The summed E-state index contributed by atoms with van der Waals surface area (Å²) in [5.41, 5.74) is 1.98. The number of aliphatic imine (C=N–C) groups is 1. The molecule has 0 radical (unpaired) electrons. The second kappa shape index (κ2) is 6.69. The van der Waals surface area contributed by atoms with Crippen LogP contribution in [0.1, 0.15) is 24.8 Å². The summed E-state index contributed by atoms with van der Waals surface area (Å²) in [7, 11) is -4.00. The number of sulfonamides is 1. The van der Waals surface area contributed by atoms with Crippen molar-refractivity contribution < 1.29 is 21.6 Å². The van der Waals surface area contributed by atoms with Gasteiger partial charge in [0, 0.05) is 42.4 Å². The zero-order chi connectivity index (χ0) is 18.9. The molecule has 0 unspecified atom stereocenters. The van der Waals surface area contributed by atoms with E-state index in [1.807, 2.05) is 6.07 Å². The Balaban J connectivity index is 1.67. The molecule has 1 saturated carbocycles. The van der Waals surface area contributed by atoms with Crippen LogP contribution in [0.4, 0.5) is 18.9 Å². The highest BCUT2D eigenvalue weighted by atomic mass is 32.2. The first-order valence-electron chi connectivity index (χ1n) is 7.66. The van der Waals surface area contributed by atoms with Gasteiger partial charge >= 0.3 is 6.18 Å². The number of halogens is 3. The minimum atomic E-state index is -4.52. The molecule has 1 aliphatic rings. The topological polar surface area (TPSA) is 111 Å². The maximum Gasteiger partial charge on any atom is 0.390 e. The van der Waals surface area contributed by atoms with Crippen molar-refractivity contribution >= 4 is 32.5 Å². The molecule has 0 aromatic carbocycles. The second-order valence-corrected chi connectivity index (χ2v) is 7.83. The van der Waals surface area contributed by atoms with Crippen molar-refractivity contribution in [2.75, 3.05) is 5.75 Å². The molecular formula is C15H14F3N5O2S. The molecule has 2 N–H and O–H groups in total. The van der Waals surface area contributed by atoms with Gasteiger partial charge in [0.25, 0.3) is 0 Å². The third-order valence-corrected chi connectivity index (χ3v) is 5.35. The number of hydrogen-bond acceptors (Lipinski definition) is 5. The van der Waals surface area contributed by atoms with Crippen LogP contribution in [0.2, 0.25) is 0 Å². The summed E-state index contributed by atoms with van der Waals surface area (Å²) in [5.74, 6) is -0.994. The number of aromatic amines is 1. The number of aromatic nitrogens is 2. The van der Waals surface area contributed by atoms with Crippen LogP contribution in [-0.4, -0.2) is 42.1 Å². The molecule has 0 aliphatic heterocycles. The van der Waals surface area contributed by atoms with Gasteiger partial charge in [-0.2, -0.15) is 18.4 Å². The Morgan fingerprint density at radius 2 is 2.15 bits per heavy atom. The van der Waals surface area contributed by atoms with Crippen molar-refractivity contribution in [2.24, 2.45) is 4.99 Å². The van der Waals surface area contributed by atoms with Crippen molar-refractivity contribution in [2.45, 2.75) is 31.5 Å². The van der Waals surface area contributed by atoms with Gasteiger partial charge in [-0.3, -0.25) is 4.99 Å². The van der Waals surface area contributed by atoms with Gasteiger partial charge in [-0.1, -0.05) is 0 Å². The SMILES string of the molecule is N#Cc1cnc2[nH]ccc2c1N=C1CC(NS(=O)(=O)CCC(F)(F)F)C1. The number of rotatable bonds is 5. The molecule has 138 valence electrons. The maximum absolute atomic E-state index is 12.2. The van der Waals surface area contributed by atoms with Crippen molar-refractivity contribution in [3.8, 4) is 6.07 Å². The van der Waals surface area contributed by atoms with E-state index in [0.29, 0.717) is 28.0 Å². The van der Waals surface area contributed by atoms with Gasteiger partial charge in [-0.25, -0.2) is 18.1 Å². The van der Waals surface area contributed by atoms with Crippen LogP contribution in [0.5, 0.6) is 0 Å². The fourth-order valence-electron chi connectivity index (χ4n) is 2.60. The van der Waals surface area contributed by atoms with Crippen LogP contribution < -0.4 is 4.72 Å². The summed E-state index contributed by atoms with van der Waals surface area (Å²) >= 11 is 0. The smallest absolute Gasteiger partial charge is 0.346 e. The Kier molecular flexibility index (Phi) is 4.72. The van der Waals surface area contributed by atoms with Crippen LogP contribution >= 0.6 is 0 Å². The van der Waals surface area contributed by atoms with Crippen LogP contribution in [0.3, 0.4) is 0 Å². The lowest BCUT2D eigenvalue weighted by molar-refractivity contribution is -0.130. The Hall–Kier alpha value is -2.45. The van der Waals surface area contributed by atoms with E-state index in [1.165, 1.54) is 6.20 Å². The Morgan fingerprint density at radius 1 is 1.42 bits per heavy atom. The normalized spacial score (nSPS) is 17.8. The lowest BCUT2D eigenvalue weighted by Crippen LogP contribution is -2.45. The number of nitriles is 1. The molecule has 0 amide bonds. The third-order valence-electron chi connectivity index (χ3n) is 3.91. The van der Waals surface area contributed by atoms with Gasteiger partial charge in [0.15, 0.2) is 0 Å². The van der Waals surface area contributed by atoms with Crippen molar-refractivity contribution in [1.29, 1.82) is 5.26 Å². The van der Waals surface area contributed by atoms with Gasteiger partial charge < -0.3 is 4.98 Å². The first-order chi connectivity index (χ1) is 12.2. The fourth-order valence-corrected chi connectivity index (χ4v) is 3.89. The maximum atomic E-state index is 12.2. The molecule has 1 fully saturated rings. The van der Waals surface area contributed by atoms with Crippen molar-refractivity contribution in [3.05, 3.63) is 24.0 Å². The van der Waals surface area contributed by atoms with E-state index in [2.05, 4.69) is 19.7 Å². The third kappa shape index (κ3) is 4.20. The molecule has 2 aromatic rings. The summed E-state index contributed by atoms with van der Waals surface area (Å²) in [4.78, 5) is 11.4. The Morgan fingerprint density at radius 3 is 2.81 bits per heavy atom. The molecule has 3 rings (SSSR count). The minimum absolute atomic E-state index is 0.282. The summed E-state index contributed by atoms with van der Waals surface area (Å²) in [6, 6.07) is 3.26. The van der Waals surface area contributed by atoms with Crippen LogP contribution in [0.25, 0.3) is 11.0 Å². The number of H-pyrrole nitrogens is 1. The summed E-state index contributed by atoms with van der Waals surface area (Å²) in [5, 5.41) is 9.87. The highest BCUT2D eigenvalue weighted by Gasteiger charge is 2.33. The van der Waals surface area contributed by atoms with Crippen molar-refractivity contribution in [3.63, 3.8) is 0 Å². The van der Waals surface area contributed by atoms with Gasteiger partial charge in [0.05, 0.1) is 23.4 Å². The largest absolute Gasteiger partial charge is 0.390 e. The molecule has 0 spiro atoms. The minimum Gasteiger partial charge on any atom is -0.346 e. The highest BCUT2D eigenvalue weighted by molar-refractivity contribution is 7.89. The van der Waals surface area contributed by atoms with E-state index < -0.39 is 34.4 Å². The first kappa shape index (κ1) is 18.3. The number of nitrogens with zero attached hydrogens (tertiary/aromatic N) is 3. The fraction of sp³-hybridized carbons (Fsp3) is 0.400. The number of hydrogen-bond donors (Lipinski definition) is 2. The van der Waals surface area contributed by atoms with E-state index in [-0.39, 0.29) is 12.8 Å². The van der Waals surface area contributed by atoms with Crippen LogP contribution in [0.15, 0.2) is 23.5 Å². The number of alkyl halides is 3. The standard InChI is InChI=1S/C15H14F3N5O2S/c16-15(17,18)2-4-26(24,25)23-11-5-10(6-11)22-13-9(7-19)8-21-14-12(13)1-3-20-14/h1,3,8,11,23H,2,4-6H2,(H,20,21). The summed E-state index contributed by atoms with van der Waals surface area (Å²) in [6.45, 7) is 0. The number of nitrogens with one attached hydrogen (secondary N) is 2. The zero-order valence-electron chi connectivity index (χ0n) is 13.3. The van der Waals surface area contributed by atoms with Crippen LogP contribution in [-0.2, 0) is 10.0 Å². The monoisotopic (exact) mass is 385 g/mol. The Bertz CT molecular complexity index is 996. The average molecular weight is 385 g/mol. The van der Waals surface area contributed by atoms with E-state index >= 15 is 0 Å². The lowest BCUT2D eigenvalue weighted by atomic mass is 9.91. The molecule has 7 nitrogen and oxygen atoms in total. The van der Waals surface area contributed by atoms with Crippen molar-refractivity contribution in [1.82, 2.24) is 14.7 Å². The highest BCUT2D eigenvalue weighted by Crippen LogP contribution is 2.31. The molecule has 0 atom stereocenters. The quantitative estimate of drug-likeness (QED) is 0.824. The summed E-state index contributed by atoms with van der Waals surface area (Å²) < 4.78 is 62.1. The molecule has 2 aromatic heterocycles.